The van der Waals surface area contributed by atoms with Crippen molar-refractivity contribution in [2.45, 2.75) is 31.6 Å². The Morgan fingerprint density at radius 3 is 0.860 bits per heavy atom. The molecule has 0 N–H and O–H groups in total. The molecule has 2 aliphatic rings. The van der Waals surface area contributed by atoms with Gasteiger partial charge in [0.15, 0.2) is 0 Å². The molecule has 0 aliphatic heterocycles. The van der Waals surface area contributed by atoms with Gasteiger partial charge in [0.2, 0.25) is 0 Å². The molecule has 4 nitrogen and oxygen atoms in total. The molecule has 0 heterocycles. The number of fused-ring (bicyclic) bond motifs is 2. The van der Waals surface area contributed by atoms with Crippen LogP contribution < -0.4 is 39.9 Å². The third kappa shape index (κ3) is 11.1. The molecule has 1 radical (unpaired) electrons. The van der Waals surface area contributed by atoms with Crippen LogP contribution in [-0.2, 0) is 19.5 Å². The van der Waals surface area contributed by atoms with E-state index in [9.17, 15) is 0 Å². The van der Waals surface area contributed by atoms with E-state index in [4.69, 9.17) is 18.6 Å². The van der Waals surface area contributed by atoms with Crippen LogP contribution in [0.25, 0.3) is 0 Å². The molecule has 0 spiro atoms. The molecule has 0 fully saturated rings. The topological polar surface area (TPSA) is 92.2 Å². The number of rotatable bonds is 7. The molecular formula is C35H36ClO4P2Rh-. The number of benzene rings is 4. The number of hydrogen-bond acceptors (Lipinski definition) is 4. The van der Waals surface area contributed by atoms with Crippen molar-refractivity contribution in [3.63, 3.8) is 0 Å². The van der Waals surface area contributed by atoms with Crippen molar-refractivity contribution in [3.8, 4) is 0 Å². The monoisotopic (exact) mass is 720 g/mol. The van der Waals surface area contributed by atoms with Gasteiger partial charge < -0.3 is 0 Å². The van der Waals surface area contributed by atoms with Crippen molar-refractivity contribution in [2.24, 2.45) is 11.8 Å². The van der Waals surface area contributed by atoms with Crippen LogP contribution in [0.15, 0.2) is 146 Å². The summed E-state index contributed by atoms with van der Waals surface area (Å²) in [6.45, 7) is 4.94. The van der Waals surface area contributed by atoms with Gasteiger partial charge in [-0.05, 0) is 66.6 Å². The van der Waals surface area contributed by atoms with E-state index in [0.717, 1.165) is 11.8 Å². The molecule has 2 unspecified atom stereocenters. The molecule has 43 heavy (non-hydrogen) atoms. The average molecular weight is 721 g/mol. The van der Waals surface area contributed by atoms with Gasteiger partial charge in [0.05, 0.1) is 0 Å². The van der Waals surface area contributed by atoms with Crippen molar-refractivity contribution in [3.05, 3.63) is 146 Å². The zero-order valence-electron chi connectivity index (χ0n) is 24.1. The standard InChI is InChI=1S/C28H28P2.C7H8.ClHO4.Rh/c1-23(29(25-15-7-3-8-16-25)26-17-9-4-10-18-26)24(2)30(27-19-11-5-12-20-27)28-21-13-6-14-22-28;1-2-7-4-3-6(1)5-7;2-1(3,4)5;/h3-24H,1-2H3;1-4,6-7H,5H2;(H,2,3,4,5);/p-1. The summed E-state index contributed by atoms with van der Waals surface area (Å²) in [5.41, 5.74) is 1.10. The van der Waals surface area contributed by atoms with Crippen LogP contribution in [0, 0.1) is 22.1 Å². The molecule has 6 rings (SSSR count). The van der Waals surface area contributed by atoms with E-state index in [2.05, 4.69) is 159 Å². The predicted molar refractivity (Wildman–Crippen MR) is 167 cm³/mol. The molecule has 4 aromatic rings. The van der Waals surface area contributed by atoms with Crippen molar-refractivity contribution in [1.82, 2.24) is 0 Å². The molecule has 0 amide bonds. The molecule has 0 saturated heterocycles. The molecule has 2 aliphatic carbocycles. The van der Waals surface area contributed by atoms with Crippen molar-refractivity contribution >= 4 is 37.1 Å². The van der Waals surface area contributed by atoms with E-state index in [-0.39, 0.29) is 19.5 Å². The Kier molecular flexibility index (Phi) is 14.4. The summed E-state index contributed by atoms with van der Waals surface area (Å²) in [7, 11) is -5.84. The SMILES string of the molecule is C1=CC2C=CC1C2.CC(C(C)P(c1ccccc1)c1ccccc1)P(c1ccccc1)c1ccccc1.[O-][Cl+3]([O-])([O-])[O-].[Rh]. The Hall–Kier alpha value is -2.03. The number of hydrogen-bond donors (Lipinski definition) is 0. The summed E-state index contributed by atoms with van der Waals surface area (Å²) in [5, 5.41) is 5.87. The Morgan fingerprint density at radius 2 is 0.698 bits per heavy atom. The third-order valence-electron chi connectivity index (χ3n) is 7.41. The largest absolute Gasteiger partial charge is 0.222 e. The van der Waals surface area contributed by atoms with Crippen molar-refractivity contribution < 1.29 is 48.4 Å². The smallest absolute Gasteiger partial charge is 0 e. The summed E-state index contributed by atoms with van der Waals surface area (Å²) in [5.74, 6) is 1.62. The molecule has 0 saturated carbocycles. The maximum absolute atomic E-state index is 8.49. The predicted octanol–water partition coefficient (Wildman–Crippen LogP) is 3.02. The fourth-order valence-corrected chi connectivity index (χ4v) is 11.5. The van der Waals surface area contributed by atoms with Crippen LogP contribution in [0.1, 0.15) is 20.3 Å². The van der Waals surface area contributed by atoms with Crippen LogP contribution >= 0.6 is 15.8 Å². The van der Waals surface area contributed by atoms with Gasteiger partial charge in [-0.15, -0.1) is 10.2 Å². The van der Waals surface area contributed by atoms with Crippen molar-refractivity contribution in [2.75, 3.05) is 0 Å². The zero-order valence-corrected chi connectivity index (χ0v) is 28.3. The summed E-state index contributed by atoms with van der Waals surface area (Å²) in [6, 6.07) is 44.5. The van der Waals surface area contributed by atoms with Crippen LogP contribution in [0.2, 0.25) is 0 Å². The summed E-state index contributed by atoms with van der Waals surface area (Å²) in [6.07, 6.45) is 10.5. The van der Waals surface area contributed by atoms with Gasteiger partial charge in [0, 0.05) is 19.5 Å². The second-order valence-electron chi connectivity index (χ2n) is 10.3. The molecule has 0 aromatic heterocycles. The fourth-order valence-electron chi connectivity index (χ4n) is 5.35. The second-order valence-corrected chi connectivity index (χ2v) is 16.2. The molecule has 227 valence electrons. The minimum atomic E-state index is -4.94. The normalized spacial score (nSPS) is 17.8. The van der Waals surface area contributed by atoms with E-state index in [1.54, 1.807) is 0 Å². The Balaban J connectivity index is 0.000000322. The Labute approximate surface area is 273 Å². The third-order valence-corrected chi connectivity index (χ3v) is 13.6. The quantitative estimate of drug-likeness (QED) is 0.167. The maximum atomic E-state index is 8.49. The minimum absolute atomic E-state index is 0. The fraction of sp³-hybridized carbons (Fsp3) is 0.200. The van der Waals surface area contributed by atoms with E-state index in [1.165, 1.54) is 27.6 Å². The zero-order chi connectivity index (χ0) is 30.0. The Bertz CT molecular complexity index is 1200. The first-order valence-electron chi connectivity index (χ1n) is 14.0. The van der Waals surface area contributed by atoms with Gasteiger partial charge in [0.1, 0.15) is 0 Å². The maximum Gasteiger partial charge on any atom is 0 e. The van der Waals surface area contributed by atoms with E-state index in [0.29, 0.717) is 11.3 Å². The number of halogens is 1. The Morgan fingerprint density at radius 1 is 0.488 bits per heavy atom. The first kappa shape index (κ1) is 35.5. The van der Waals surface area contributed by atoms with Gasteiger partial charge in [-0.25, -0.2) is 18.6 Å². The first-order valence-corrected chi connectivity index (χ1v) is 18.0. The molecular weight excluding hydrogens is 685 g/mol. The first-order chi connectivity index (χ1) is 20.2. The van der Waals surface area contributed by atoms with Crippen LogP contribution in [-0.4, -0.2) is 11.3 Å². The summed E-state index contributed by atoms with van der Waals surface area (Å²) < 4.78 is 34.0. The van der Waals surface area contributed by atoms with Gasteiger partial charge in [-0.1, -0.05) is 159 Å². The number of allylic oxidation sites excluding steroid dienone is 4. The molecule has 8 heteroatoms. The van der Waals surface area contributed by atoms with Crippen LogP contribution in [0.4, 0.5) is 0 Å². The second kappa shape index (κ2) is 17.5. The van der Waals surface area contributed by atoms with Crippen LogP contribution in [0.3, 0.4) is 0 Å². The molecule has 4 aromatic carbocycles. The summed E-state index contributed by atoms with van der Waals surface area (Å²) >= 11 is 0. The summed E-state index contributed by atoms with van der Waals surface area (Å²) in [4.78, 5) is 0. The van der Waals surface area contributed by atoms with Gasteiger partial charge in [-0.3, -0.25) is 0 Å². The van der Waals surface area contributed by atoms with E-state index < -0.39 is 26.1 Å². The van der Waals surface area contributed by atoms with Gasteiger partial charge in [0.25, 0.3) is 0 Å². The molecule has 2 atom stereocenters. The van der Waals surface area contributed by atoms with Gasteiger partial charge in [-0.2, -0.15) is 0 Å². The van der Waals surface area contributed by atoms with Crippen LogP contribution in [0.5, 0.6) is 0 Å². The van der Waals surface area contributed by atoms with Crippen molar-refractivity contribution in [1.29, 1.82) is 0 Å². The van der Waals surface area contributed by atoms with E-state index in [1.807, 2.05) is 0 Å². The minimum Gasteiger partial charge on any atom is -0.222 e. The molecule has 2 bridgehead atoms. The van der Waals surface area contributed by atoms with Gasteiger partial charge >= 0.3 is 0 Å². The van der Waals surface area contributed by atoms with E-state index >= 15 is 0 Å². The average Bonchev–Trinajstić information content (AvgIpc) is 3.66.